The van der Waals surface area contributed by atoms with Crippen LogP contribution in [0.2, 0.25) is 0 Å². The second-order valence-corrected chi connectivity index (χ2v) is 7.22. The third-order valence-corrected chi connectivity index (χ3v) is 6.42. The molecule has 2 fully saturated rings. The third kappa shape index (κ3) is 1.54. The number of hydrogen-bond donors (Lipinski definition) is 1. The summed E-state index contributed by atoms with van der Waals surface area (Å²) in [6.45, 7) is 2.22. The Morgan fingerprint density at radius 2 is 2.05 bits per heavy atom. The second kappa shape index (κ2) is 4.09. The molecule has 0 spiro atoms. The predicted octanol–water partition coefficient (Wildman–Crippen LogP) is 3.82. The van der Waals surface area contributed by atoms with Gasteiger partial charge in [0.2, 0.25) is 0 Å². The van der Waals surface area contributed by atoms with Crippen LogP contribution in [-0.4, -0.2) is 10.9 Å². The predicted molar refractivity (Wildman–Crippen MR) is 77.7 cm³/mol. The van der Waals surface area contributed by atoms with E-state index in [1.54, 1.807) is 0 Å². The van der Waals surface area contributed by atoms with Crippen LogP contribution in [0.1, 0.15) is 56.1 Å². The average molecular weight is 270 g/mol. The van der Waals surface area contributed by atoms with Gasteiger partial charge in [0.1, 0.15) is 11.5 Å². The molecule has 1 N–H and O–H groups in total. The fourth-order valence-electron chi connectivity index (χ4n) is 5.34. The van der Waals surface area contributed by atoms with Crippen LogP contribution in [0.25, 0.3) is 0 Å². The first-order chi connectivity index (χ1) is 9.59. The Morgan fingerprint density at radius 1 is 1.20 bits per heavy atom. The van der Waals surface area contributed by atoms with Gasteiger partial charge in [0, 0.05) is 11.8 Å². The van der Waals surface area contributed by atoms with Gasteiger partial charge < -0.3 is 5.11 Å². The molecule has 3 aliphatic carbocycles. The number of fused-ring (bicyclic) bond motifs is 5. The Hall–Kier alpha value is -1.31. The van der Waals surface area contributed by atoms with E-state index < -0.39 is 0 Å². The number of aromatic hydroxyl groups is 1. The van der Waals surface area contributed by atoms with Crippen LogP contribution in [0, 0.1) is 17.3 Å². The minimum Gasteiger partial charge on any atom is -0.508 e. The number of hydrogen-bond acceptors (Lipinski definition) is 2. The zero-order valence-electron chi connectivity index (χ0n) is 12.1. The van der Waals surface area contributed by atoms with Gasteiger partial charge in [-0.1, -0.05) is 13.0 Å². The van der Waals surface area contributed by atoms with E-state index in [9.17, 15) is 9.90 Å². The van der Waals surface area contributed by atoms with Gasteiger partial charge in [-0.25, -0.2) is 0 Å². The summed E-state index contributed by atoms with van der Waals surface area (Å²) in [6, 6.07) is 5.90. The Bertz CT molecular complexity index is 577. The van der Waals surface area contributed by atoms with Gasteiger partial charge in [-0.15, -0.1) is 0 Å². The van der Waals surface area contributed by atoms with Crippen molar-refractivity contribution in [2.75, 3.05) is 0 Å². The van der Waals surface area contributed by atoms with E-state index in [4.69, 9.17) is 0 Å². The number of aryl methyl sites for hydroxylation is 1. The highest BCUT2D eigenvalue weighted by Gasteiger charge is 2.54. The molecule has 106 valence electrons. The fourth-order valence-corrected chi connectivity index (χ4v) is 5.34. The van der Waals surface area contributed by atoms with E-state index in [0.717, 1.165) is 32.1 Å². The molecule has 0 heterocycles. The molecule has 2 unspecified atom stereocenters. The van der Waals surface area contributed by atoms with Crippen LogP contribution >= 0.6 is 0 Å². The van der Waals surface area contributed by atoms with Crippen LogP contribution < -0.4 is 0 Å². The molecule has 0 saturated heterocycles. The number of benzene rings is 1. The van der Waals surface area contributed by atoms with Gasteiger partial charge in [0.05, 0.1) is 0 Å². The number of phenolic OH excluding ortho intramolecular Hbond substituents is 1. The Balaban J connectivity index is 1.73. The Morgan fingerprint density at radius 3 is 2.90 bits per heavy atom. The fraction of sp³-hybridized carbons (Fsp3) is 0.611. The summed E-state index contributed by atoms with van der Waals surface area (Å²) in [5.41, 5.74) is 2.75. The van der Waals surface area contributed by atoms with Crippen LogP contribution in [0.3, 0.4) is 0 Å². The van der Waals surface area contributed by atoms with E-state index in [-0.39, 0.29) is 5.41 Å². The van der Waals surface area contributed by atoms with Crippen LogP contribution in [0.15, 0.2) is 18.2 Å². The first-order valence-corrected chi connectivity index (χ1v) is 7.95. The van der Waals surface area contributed by atoms with Crippen molar-refractivity contribution in [2.24, 2.45) is 17.3 Å². The molecule has 0 amide bonds. The van der Waals surface area contributed by atoms with E-state index in [1.807, 2.05) is 12.1 Å². The minimum absolute atomic E-state index is 0.0322. The van der Waals surface area contributed by atoms with Gasteiger partial charge >= 0.3 is 0 Å². The highest BCUT2D eigenvalue weighted by Crippen LogP contribution is 2.59. The average Bonchev–Trinajstić information content (AvgIpc) is 2.74. The lowest BCUT2D eigenvalue weighted by Crippen LogP contribution is -2.42. The van der Waals surface area contributed by atoms with Gasteiger partial charge in [-0.2, -0.15) is 0 Å². The number of phenols is 1. The molecular formula is C18H22O2. The zero-order chi connectivity index (χ0) is 13.9. The first kappa shape index (κ1) is 12.4. The van der Waals surface area contributed by atoms with Crippen molar-refractivity contribution in [2.45, 2.75) is 51.4 Å². The smallest absolute Gasteiger partial charge is 0.139 e. The topological polar surface area (TPSA) is 37.3 Å². The minimum atomic E-state index is -0.0322. The standard InChI is InChI=1S/C18H22O2/c1-18-9-8-14-13-5-3-12(19)10-11(13)2-4-15(14)16(18)6-7-17(18)20/h3,5,10,14-16,19H,2,4,6-9H2,1H3/t14-,15?,16?,18+/m1/s1. The molecule has 1 aromatic carbocycles. The number of rotatable bonds is 0. The van der Waals surface area contributed by atoms with Gasteiger partial charge in [0.15, 0.2) is 0 Å². The summed E-state index contributed by atoms with van der Waals surface area (Å²) in [5.74, 6) is 2.78. The SMILES string of the molecule is C[C@]12CC[C@@H]3c4ccc(O)cc4CCC3C1CCC2=O. The Labute approximate surface area is 120 Å². The number of Topliss-reactive ketones (excluding diaryl/α,β-unsaturated/α-hetero) is 1. The third-order valence-electron chi connectivity index (χ3n) is 6.42. The maximum absolute atomic E-state index is 12.3. The van der Waals surface area contributed by atoms with Crippen molar-refractivity contribution in [1.82, 2.24) is 0 Å². The van der Waals surface area contributed by atoms with Crippen molar-refractivity contribution < 1.29 is 9.90 Å². The summed E-state index contributed by atoms with van der Waals surface area (Å²) in [4.78, 5) is 12.3. The maximum atomic E-state index is 12.3. The molecule has 3 aliphatic rings. The van der Waals surface area contributed by atoms with Gasteiger partial charge in [-0.3, -0.25) is 4.79 Å². The highest BCUT2D eigenvalue weighted by molar-refractivity contribution is 5.87. The van der Waals surface area contributed by atoms with Crippen LogP contribution in [0.4, 0.5) is 0 Å². The van der Waals surface area contributed by atoms with Crippen molar-refractivity contribution in [3.05, 3.63) is 29.3 Å². The lowest BCUT2D eigenvalue weighted by Gasteiger charge is -2.48. The molecule has 20 heavy (non-hydrogen) atoms. The van der Waals surface area contributed by atoms with Crippen LogP contribution in [-0.2, 0) is 11.2 Å². The van der Waals surface area contributed by atoms with Crippen molar-refractivity contribution in [3.63, 3.8) is 0 Å². The summed E-state index contributed by atoms with van der Waals surface area (Å²) < 4.78 is 0. The van der Waals surface area contributed by atoms with Crippen molar-refractivity contribution in [3.8, 4) is 5.75 Å². The van der Waals surface area contributed by atoms with Crippen molar-refractivity contribution >= 4 is 5.78 Å². The largest absolute Gasteiger partial charge is 0.508 e. The number of carbonyl (C=O) groups excluding carboxylic acids is 1. The molecule has 0 aromatic heterocycles. The van der Waals surface area contributed by atoms with Crippen molar-refractivity contribution in [1.29, 1.82) is 0 Å². The van der Waals surface area contributed by atoms with E-state index in [2.05, 4.69) is 13.0 Å². The molecule has 0 radical (unpaired) electrons. The van der Waals surface area contributed by atoms with E-state index in [1.165, 1.54) is 17.5 Å². The van der Waals surface area contributed by atoms with E-state index >= 15 is 0 Å². The summed E-state index contributed by atoms with van der Waals surface area (Å²) in [5, 5.41) is 9.67. The molecule has 0 aliphatic heterocycles. The molecule has 2 nitrogen and oxygen atoms in total. The molecule has 2 heteroatoms. The zero-order valence-corrected chi connectivity index (χ0v) is 12.1. The van der Waals surface area contributed by atoms with E-state index in [0.29, 0.717) is 29.3 Å². The summed E-state index contributed by atoms with van der Waals surface area (Å²) in [7, 11) is 0. The molecule has 4 atom stereocenters. The van der Waals surface area contributed by atoms with Crippen LogP contribution in [0.5, 0.6) is 5.75 Å². The lowest BCUT2D eigenvalue weighted by molar-refractivity contribution is -0.129. The Kier molecular flexibility index (Phi) is 2.55. The second-order valence-electron chi connectivity index (χ2n) is 7.22. The van der Waals surface area contributed by atoms with Gasteiger partial charge in [0.25, 0.3) is 0 Å². The summed E-state index contributed by atoms with van der Waals surface area (Å²) in [6.07, 6.45) is 6.34. The molecule has 2 saturated carbocycles. The van der Waals surface area contributed by atoms with Gasteiger partial charge in [-0.05, 0) is 73.1 Å². The monoisotopic (exact) mass is 270 g/mol. The number of carbonyl (C=O) groups is 1. The normalized spacial score (nSPS) is 39.0. The quantitative estimate of drug-likeness (QED) is 0.778. The lowest BCUT2D eigenvalue weighted by atomic mass is 9.55. The molecule has 4 rings (SSSR count). The number of ketones is 1. The molecule has 1 aromatic rings. The molecule has 0 bridgehead atoms. The highest BCUT2D eigenvalue weighted by atomic mass is 16.3. The molecular weight excluding hydrogens is 248 g/mol. The maximum Gasteiger partial charge on any atom is 0.139 e. The first-order valence-electron chi connectivity index (χ1n) is 7.95. The summed E-state index contributed by atoms with van der Waals surface area (Å²) >= 11 is 0.